The summed E-state index contributed by atoms with van der Waals surface area (Å²) in [6.07, 6.45) is -2.29. The molecule has 2 saturated heterocycles. The zero-order chi connectivity index (χ0) is 27.2. The Morgan fingerprint density at radius 3 is 2.71 bits per heavy atom. The normalized spacial score (nSPS) is 29.2. The van der Waals surface area contributed by atoms with Gasteiger partial charge < -0.3 is 39.4 Å². The molecular weight excluding hydrogens is 552 g/mol. The fourth-order valence-electron chi connectivity index (χ4n) is 4.31. The van der Waals surface area contributed by atoms with E-state index >= 15 is 0 Å². The number of aliphatic hydroxyl groups is 2. The molecule has 3 aromatic heterocycles. The molecule has 19 heteroatoms. The quantitative estimate of drug-likeness (QED) is 0.196. The van der Waals surface area contributed by atoms with Crippen molar-refractivity contribution in [2.45, 2.75) is 49.7 Å². The second-order valence-electron chi connectivity index (χ2n) is 8.61. The lowest BCUT2D eigenvalue weighted by Gasteiger charge is -2.24. The van der Waals surface area contributed by atoms with E-state index in [-0.39, 0.29) is 18.7 Å². The van der Waals surface area contributed by atoms with Crippen LogP contribution >= 0.6 is 6.72 Å². The van der Waals surface area contributed by atoms with Crippen LogP contribution in [-0.2, 0) is 30.3 Å². The van der Waals surface area contributed by atoms with Crippen molar-refractivity contribution in [1.82, 2.24) is 29.1 Å². The number of H-pyrrole nitrogens is 1. The summed E-state index contributed by atoms with van der Waals surface area (Å²) < 4.78 is 38.4. The summed E-state index contributed by atoms with van der Waals surface area (Å²) in [5.74, 6) is -1.01. The van der Waals surface area contributed by atoms with Gasteiger partial charge in [0, 0.05) is 12.8 Å². The van der Waals surface area contributed by atoms with Crippen LogP contribution in [0.5, 0.6) is 0 Å². The molecule has 0 spiro atoms. The van der Waals surface area contributed by atoms with E-state index in [9.17, 15) is 29.1 Å². The molecule has 38 heavy (non-hydrogen) atoms. The Kier molecular flexibility index (Phi) is 7.42. The maximum atomic E-state index is 13.6. The number of rotatable bonds is 8. The molecule has 0 aromatic carbocycles. The van der Waals surface area contributed by atoms with E-state index in [0.717, 1.165) is 4.57 Å². The van der Waals surface area contributed by atoms with Crippen molar-refractivity contribution in [3.8, 4) is 0 Å². The van der Waals surface area contributed by atoms with E-state index < -0.39 is 73.9 Å². The molecule has 0 bridgehead atoms. The molecule has 1 unspecified atom stereocenters. The van der Waals surface area contributed by atoms with Gasteiger partial charge in [-0.05, 0) is 11.8 Å². The van der Waals surface area contributed by atoms with E-state index in [1.54, 1.807) is 4.57 Å². The van der Waals surface area contributed by atoms with Gasteiger partial charge in [-0.3, -0.25) is 18.9 Å². The summed E-state index contributed by atoms with van der Waals surface area (Å²) >= 11 is 5.11. The number of nitrogens with two attached hydrogens (primary N) is 1. The lowest BCUT2D eigenvalue weighted by molar-refractivity contribution is -0.0522. The Hall–Kier alpha value is -2.67. The third kappa shape index (κ3) is 5.27. The molecule has 16 nitrogen and oxygen atoms in total. The summed E-state index contributed by atoms with van der Waals surface area (Å²) in [4.78, 5) is 47.9. The number of nitrogens with zero attached hydrogens (tertiary/aromatic N) is 5. The SMILES string of the molecule is Nc1ncnc2c1ncn2[C@H]1C[C@H](OP(O)(=S)OC[C@H]2O[C@@H](n3cc(F)c(=O)[nH]c3=O)C[C@@H]2O)[C@@H](CO)O1. The van der Waals surface area contributed by atoms with Crippen LogP contribution in [0.1, 0.15) is 25.3 Å². The minimum absolute atomic E-state index is 0.119. The maximum Gasteiger partial charge on any atom is 0.330 e. The number of nitrogens with one attached hydrogen (secondary N) is 1. The average Bonchev–Trinajstić information content (AvgIpc) is 3.57. The average molecular weight is 575 g/mol. The highest BCUT2D eigenvalue weighted by molar-refractivity contribution is 8.07. The van der Waals surface area contributed by atoms with Gasteiger partial charge in [-0.1, -0.05) is 0 Å². The molecule has 2 fully saturated rings. The van der Waals surface area contributed by atoms with Crippen LogP contribution in [0.25, 0.3) is 11.2 Å². The molecule has 5 heterocycles. The van der Waals surface area contributed by atoms with Crippen molar-refractivity contribution in [2.24, 2.45) is 0 Å². The third-order valence-electron chi connectivity index (χ3n) is 6.17. The number of hydrogen-bond acceptors (Lipinski definition) is 13. The monoisotopic (exact) mass is 575 g/mol. The number of ether oxygens (including phenoxy) is 2. The molecule has 6 N–H and O–H groups in total. The fourth-order valence-corrected chi connectivity index (χ4v) is 5.78. The van der Waals surface area contributed by atoms with Crippen LogP contribution in [0.4, 0.5) is 10.2 Å². The van der Waals surface area contributed by atoms with Crippen molar-refractivity contribution in [1.29, 1.82) is 0 Å². The Morgan fingerprint density at radius 2 is 1.95 bits per heavy atom. The Balaban J connectivity index is 1.22. The van der Waals surface area contributed by atoms with Gasteiger partial charge in [-0.25, -0.2) is 19.7 Å². The van der Waals surface area contributed by atoms with Crippen LogP contribution in [0.15, 0.2) is 28.4 Å². The van der Waals surface area contributed by atoms with E-state index in [1.165, 1.54) is 12.7 Å². The smallest absolute Gasteiger partial charge is 0.330 e. The first-order chi connectivity index (χ1) is 18.1. The minimum atomic E-state index is -3.94. The van der Waals surface area contributed by atoms with Crippen molar-refractivity contribution in [3.05, 3.63) is 45.5 Å². The first kappa shape index (κ1) is 26.9. The molecule has 7 atom stereocenters. The number of fused-ring (bicyclic) bond motifs is 1. The number of hydrogen-bond donors (Lipinski definition) is 5. The number of aromatic nitrogens is 6. The lowest BCUT2D eigenvalue weighted by Crippen LogP contribution is -2.34. The second kappa shape index (κ2) is 10.5. The van der Waals surface area contributed by atoms with Gasteiger partial charge in [0.15, 0.2) is 11.5 Å². The van der Waals surface area contributed by atoms with E-state index in [1.807, 2.05) is 4.98 Å². The van der Waals surface area contributed by atoms with E-state index in [4.69, 9.17) is 36.1 Å². The molecule has 0 saturated carbocycles. The van der Waals surface area contributed by atoms with Gasteiger partial charge >= 0.3 is 12.4 Å². The third-order valence-corrected chi connectivity index (χ3v) is 7.75. The van der Waals surface area contributed by atoms with Crippen LogP contribution in [0, 0.1) is 5.82 Å². The Bertz CT molecular complexity index is 1500. The predicted octanol–water partition coefficient (Wildman–Crippen LogP) is -1.36. The van der Waals surface area contributed by atoms with Crippen LogP contribution in [0.3, 0.4) is 0 Å². The molecule has 0 aliphatic carbocycles. The van der Waals surface area contributed by atoms with Crippen molar-refractivity contribution in [2.75, 3.05) is 18.9 Å². The molecule has 0 radical (unpaired) electrons. The molecule has 5 rings (SSSR count). The Labute approximate surface area is 217 Å². The molecule has 2 aliphatic heterocycles. The summed E-state index contributed by atoms with van der Waals surface area (Å²) in [6.45, 7) is -4.81. The van der Waals surface area contributed by atoms with Crippen LogP contribution in [0.2, 0.25) is 0 Å². The Morgan fingerprint density at radius 1 is 1.21 bits per heavy atom. The summed E-state index contributed by atoms with van der Waals surface area (Å²) in [6, 6.07) is 0. The number of aromatic amines is 1. The zero-order valence-corrected chi connectivity index (χ0v) is 21.1. The van der Waals surface area contributed by atoms with Gasteiger partial charge in [0.25, 0.3) is 5.56 Å². The largest absolute Gasteiger partial charge is 0.394 e. The van der Waals surface area contributed by atoms with Gasteiger partial charge in [0.2, 0.25) is 5.82 Å². The van der Waals surface area contributed by atoms with Gasteiger partial charge in [0.05, 0.1) is 37.9 Å². The summed E-state index contributed by atoms with van der Waals surface area (Å²) in [5, 5.41) is 20.1. The summed E-state index contributed by atoms with van der Waals surface area (Å²) in [7, 11) is 0. The number of imidazole rings is 1. The van der Waals surface area contributed by atoms with E-state index in [0.29, 0.717) is 17.4 Å². The molecule has 3 aromatic rings. The first-order valence-electron chi connectivity index (χ1n) is 11.3. The van der Waals surface area contributed by atoms with Crippen molar-refractivity contribution >= 4 is 35.5 Å². The lowest BCUT2D eigenvalue weighted by atomic mass is 10.2. The molecule has 2 aliphatic rings. The number of halogens is 1. The van der Waals surface area contributed by atoms with Crippen molar-refractivity contribution in [3.63, 3.8) is 0 Å². The zero-order valence-electron chi connectivity index (χ0n) is 19.4. The van der Waals surface area contributed by atoms with Crippen LogP contribution in [-0.4, -0.2) is 81.8 Å². The van der Waals surface area contributed by atoms with Gasteiger partial charge in [-0.2, -0.15) is 4.39 Å². The van der Waals surface area contributed by atoms with Gasteiger partial charge in [-0.15, -0.1) is 0 Å². The van der Waals surface area contributed by atoms with E-state index in [2.05, 4.69) is 15.0 Å². The minimum Gasteiger partial charge on any atom is -0.394 e. The highest BCUT2D eigenvalue weighted by Gasteiger charge is 2.42. The van der Waals surface area contributed by atoms with Crippen LogP contribution < -0.4 is 17.0 Å². The molecule has 0 amide bonds. The number of nitrogen functional groups attached to an aromatic ring is 1. The maximum absolute atomic E-state index is 13.6. The fraction of sp³-hybridized carbons (Fsp3) is 0.526. The number of anilines is 1. The van der Waals surface area contributed by atoms with Gasteiger partial charge in [0.1, 0.15) is 36.5 Å². The molecule has 206 valence electrons. The number of aliphatic hydroxyl groups excluding tert-OH is 2. The highest BCUT2D eigenvalue weighted by atomic mass is 32.5. The topological polar surface area (TPSA) is 222 Å². The second-order valence-corrected chi connectivity index (χ2v) is 11.4. The predicted molar refractivity (Wildman–Crippen MR) is 128 cm³/mol. The standard InChI is InChI=1S/C19H23FN7O9PS/c20-8-3-26(19(31)25-18(8)30)13-1-9(29)12(35-13)5-33-37(32,38)36-10-2-14(34-11(10)4-28)27-7-24-15-16(21)22-6-23-17(15)27/h3,6-7,9-14,28-29H,1-2,4-5H2,(H,32,38)(H2,21,22,23)(H,25,30,31)/t9-,10-,11+,12+,13+,14+,37?/m0/s1. The van der Waals surface area contributed by atoms with Crippen molar-refractivity contribution < 1.29 is 38.0 Å². The summed E-state index contributed by atoms with van der Waals surface area (Å²) in [5.41, 5.74) is 4.50. The highest BCUT2D eigenvalue weighted by Crippen LogP contribution is 2.49. The molecular formula is C19H23FN7O9PS. The first-order valence-corrected chi connectivity index (χ1v) is 13.8.